The number of hydrogen-bond donors (Lipinski definition) is 2. The van der Waals surface area contributed by atoms with E-state index in [1.54, 1.807) is 30.3 Å². The fraction of sp³-hybridized carbons (Fsp3) is 0.0968. The van der Waals surface area contributed by atoms with Crippen LogP contribution in [0, 0.1) is 0 Å². The number of rotatable bonds is 7. The van der Waals surface area contributed by atoms with E-state index < -0.39 is 11.7 Å². The first kappa shape index (κ1) is 25.8. The zero-order valence-corrected chi connectivity index (χ0v) is 20.8. The molecule has 1 amide bonds. The molecule has 0 atom stereocenters. The Balaban J connectivity index is 1.31. The molecule has 3 N–H and O–H groups in total. The van der Waals surface area contributed by atoms with Gasteiger partial charge in [-0.2, -0.15) is 18.3 Å². The van der Waals surface area contributed by atoms with E-state index in [1.165, 1.54) is 16.8 Å². The van der Waals surface area contributed by atoms with Crippen LogP contribution in [0.2, 0.25) is 0 Å². The third-order valence-electron chi connectivity index (χ3n) is 6.47. The summed E-state index contributed by atoms with van der Waals surface area (Å²) < 4.78 is 40.8. The molecular weight excluding hydrogens is 501 g/mol. The highest BCUT2D eigenvalue weighted by Crippen LogP contribution is 2.32. The predicted octanol–water partition coefficient (Wildman–Crippen LogP) is 6.70. The highest BCUT2D eigenvalue weighted by Gasteiger charge is 2.30. The smallest absolute Gasteiger partial charge is 0.384 e. The Morgan fingerprint density at radius 1 is 0.821 bits per heavy atom. The van der Waals surface area contributed by atoms with E-state index in [4.69, 9.17) is 5.73 Å². The van der Waals surface area contributed by atoms with Gasteiger partial charge in [-0.05, 0) is 47.5 Å². The molecule has 0 fully saturated rings. The van der Waals surface area contributed by atoms with E-state index in [9.17, 15) is 18.0 Å². The third-order valence-corrected chi connectivity index (χ3v) is 6.47. The van der Waals surface area contributed by atoms with E-state index in [0.29, 0.717) is 29.1 Å². The fourth-order valence-corrected chi connectivity index (χ4v) is 4.45. The standard InChI is InChI=1S/C31H25F3N4O/c32-31(33,34)25-13-7-12-24(18-25)28-19-29(35)38(37-28)26-16-14-23(15-17-26)30(39)36-20-27(21-8-3-1-4-9-21)22-10-5-2-6-11-22/h1-19,27H,20,35H2,(H,36,39). The maximum Gasteiger partial charge on any atom is 0.416 e. The topological polar surface area (TPSA) is 72.9 Å². The average molecular weight is 527 g/mol. The molecule has 8 heteroatoms. The monoisotopic (exact) mass is 526 g/mol. The maximum absolute atomic E-state index is 13.1. The summed E-state index contributed by atoms with van der Waals surface area (Å²) in [4.78, 5) is 13.0. The first-order valence-corrected chi connectivity index (χ1v) is 12.3. The second kappa shape index (κ2) is 10.9. The lowest BCUT2D eigenvalue weighted by Gasteiger charge is -2.19. The number of benzene rings is 4. The maximum atomic E-state index is 13.1. The molecule has 0 radical (unpaired) electrons. The number of nitrogen functional groups attached to an aromatic ring is 1. The lowest BCUT2D eigenvalue weighted by atomic mass is 9.91. The van der Waals surface area contributed by atoms with Gasteiger partial charge in [0.1, 0.15) is 5.82 Å². The summed E-state index contributed by atoms with van der Waals surface area (Å²) >= 11 is 0. The summed E-state index contributed by atoms with van der Waals surface area (Å²) in [5.74, 6) is 0.0263. The van der Waals surface area contributed by atoms with Gasteiger partial charge >= 0.3 is 6.18 Å². The van der Waals surface area contributed by atoms with Gasteiger partial charge in [0.25, 0.3) is 5.91 Å². The highest BCUT2D eigenvalue weighted by molar-refractivity contribution is 5.94. The Kier molecular flexibility index (Phi) is 7.19. The minimum Gasteiger partial charge on any atom is -0.384 e. The number of aromatic nitrogens is 2. The number of anilines is 1. The number of carbonyl (C=O) groups excluding carboxylic acids is 1. The van der Waals surface area contributed by atoms with E-state index in [0.717, 1.165) is 23.3 Å². The van der Waals surface area contributed by atoms with Crippen LogP contribution in [-0.4, -0.2) is 22.2 Å². The molecule has 0 saturated heterocycles. The molecule has 5 aromatic rings. The van der Waals surface area contributed by atoms with Crippen LogP contribution in [0.3, 0.4) is 0 Å². The van der Waals surface area contributed by atoms with Crippen LogP contribution in [0.5, 0.6) is 0 Å². The van der Waals surface area contributed by atoms with Gasteiger partial charge in [-0.1, -0.05) is 72.8 Å². The number of hydrogen-bond acceptors (Lipinski definition) is 3. The van der Waals surface area contributed by atoms with Crippen molar-refractivity contribution in [1.29, 1.82) is 0 Å². The molecule has 1 aromatic heterocycles. The molecule has 196 valence electrons. The summed E-state index contributed by atoms with van der Waals surface area (Å²) in [5, 5.41) is 7.43. The van der Waals surface area contributed by atoms with E-state index in [1.807, 2.05) is 60.7 Å². The largest absolute Gasteiger partial charge is 0.416 e. The lowest BCUT2D eigenvalue weighted by Crippen LogP contribution is -2.29. The molecule has 1 heterocycles. The Morgan fingerprint density at radius 3 is 2.03 bits per heavy atom. The first-order valence-electron chi connectivity index (χ1n) is 12.3. The number of halogens is 3. The Bertz CT molecular complexity index is 1520. The molecule has 0 aliphatic rings. The van der Waals surface area contributed by atoms with E-state index in [2.05, 4.69) is 10.4 Å². The number of carbonyl (C=O) groups is 1. The number of alkyl halides is 3. The second-order valence-electron chi connectivity index (χ2n) is 9.08. The van der Waals surface area contributed by atoms with Crippen molar-refractivity contribution in [3.63, 3.8) is 0 Å². The SMILES string of the molecule is Nc1cc(-c2cccc(C(F)(F)F)c2)nn1-c1ccc(C(=O)NCC(c2ccccc2)c2ccccc2)cc1. The molecule has 4 aromatic carbocycles. The molecular formula is C31H25F3N4O. The molecule has 0 aliphatic heterocycles. The van der Waals surface area contributed by atoms with Crippen molar-refractivity contribution in [2.75, 3.05) is 12.3 Å². The normalized spacial score (nSPS) is 11.5. The van der Waals surface area contributed by atoms with E-state index >= 15 is 0 Å². The number of nitrogens with zero attached hydrogens (tertiary/aromatic N) is 2. The summed E-state index contributed by atoms with van der Waals surface area (Å²) in [7, 11) is 0. The fourth-order valence-electron chi connectivity index (χ4n) is 4.45. The average Bonchev–Trinajstić information content (AvgIpc) is 3.35. The zero-order chi connectivity index (χ0) is 27.4. The van der Waals surface area contributed by atoms with Gasteiger partial charge in [-0.3, -0.25) is 4.79 Å². The Labute approximate surface area is 223 Å². The number of amides is 1. The van der Waals surface area contributed by atoms with Crippen molar-refractivity contribution in [3.8, 4) is 16.9 Å². The Morgan fingerprint density at radius 2 is 1.44 bits per heavy atom. The minimum absolute atomic E-state index is 0.00577. The first-order chi connectivity index (χ1) is 18.8. The van der Waals surface area contributed by atoms with Gasteiger partial charge < -0.3 is 11.1 Å². The van der Waals surface area contributed by atoms with Crippen molar-refractivity contribution in [3.05, 3.63) is 138 Å². The van der Waals surface area contributed by atoms with Gasteiger partial charge in [0, 0.05) is 29.7 Å². The van der Waals surface area contributed by atoms with Gasteiger partial charge in [-0.25, -0.2) is 4.68 Å². The Hall–Kier alpha value is -4.85. The molecule has 5 nitrogen and oxygen atoms in total. The molecule has 0 spiro atoms. The predicted molar refractivity (Wildman–Crippen MR) is 145 cm³/mol. The molecule has 0 aliphatic carbocycles. The summed E-state index contributed by atoms with van der Waals surface area (Å²) in [6.07, 6.45) is -4.46. The van der Waals surface area contributed by atoms with Crippen molar-refractivity contribution in [2.24, 2.45) is 0 Å². The van der Waals surface area contributed by atoms with Crippen LogP contribution < -0.4 is 11.1 Å². The van der Waals surface area contributed by atoms with Crippen molar-refractivity contribution in [2.45, 2.75) is 12.1 Å². The lowest BCUT2D eigenvalue weighted by molar-refractivity contribution is -0.137. The van der Waals surface area contributed by atoms with Gasteiger partial charge in [0.05, 0.1) is 16.9 Å². The van der Waals surface area contributed by atoms with Crippen LogP contribution in [0.25, 0.3) is 16.9 Å². The van der Waals surface area contributed by atoms with Crippen LogP contribution in [0.15, 0.2) is 115 Å². The summed E-state index contributed by atoms with van der Waals surface area (Å²) in [6, 6.07) is 33.2. The van der Waals surface area contributed by atoms with Crippen LogP contribution in [0.4, 0.5) is 19.0 Å². The van der Waals surface area contributed by atoms with Gasteiger partial charge in [0.15, 0.2) is 0 Å². The van der Waals surface area contributed by atoms with Crippen molar-refractivity contribution < 1.29 is 18.0 Å². The highest BCUT2D eigenvalue weighted by atomic mass is 19.4. The zero-order valence-electron chi connectivity index (χ0n) is 20.8. The van der Waals surface area contributed by atoms with Gasteiger partial charge in [0.2, 0.25) is 0 Å². The molecule has 0 bridgehead atoms. The van der Waals surface area contributed by atoms with Gasteiger partial charge in [-0.15, -0.1) is 0 Å². The number of nitrogens with two attached hydrogens (primary N) is 1. The molecule has 0 saturated carbocycles. The molecule has 5 rings (SSSR count). The summed E-state index contributed by atoms with van der Waals surface area (Å²) in [5.41, 5.74) is 9.22. The molecule has 39 heavy (non-hydrogen) atoms. The molecule has 0 unspecified atom stereocenters. The minimum atomic E-state index is -4.46. The quantitative estimate of drug-likeness (QED) is 0.248. The second-order valence-corrected chi connectivity index (χ2v) is 9.08. The van der Waals surface area contributed by atoms with Crippen LogP contribution in [0.1, 0.15) is 33.0 Å². The third kappa shape index (κ3) is 5.85. The van der Waals surface area contributed by atoms with Crippen molar-refractivity contribution >= 4 is 11.7 Å². The van der Waals surface area contributed by atoms with Crippen LogP contribution >= 0.6 is 0 Å². The summed E-state index contributed by atoms with van der Waals surface area (Å²) in [6.45, 7) is 0.418. The number of nitrogens with one attached hydrogen (secondary N) is 1. The van der Waals surface area contributed by atoms with Crippen molar-refractivity contribution in [1.82, 2.24) is 15.1 Å². The van der Waals surface area contributed by atoms with E-state index in [-0.39, 0.29) is 17.6 Å². The van der Waals surface area contributed by atoms with Crippen LogP contribution in [-0.2, 0) is 6.18 Å².